The summed E-state index contributed by atoms with van der Waals surface area (Å²) in [7, 11) is -4.50. The Balaban J connectivity index is 0.00000300. The quantitative estimate of drug-likeness (QED) is 0.412. The molecule has 0 bridgehead atoms. The smallest absolute Gasteiger partial charge is 0.548 e. The number of aromatic nitrogens is 2. The van der Waals surface area contributed by atoms with Crippen molar-refractivity contribution < 1.29 is 50.4 Å². The molecule has 3 rings (SSSR count). The van der Waals surface area contributed by atoms with E-state index in [4.69, 9.17) is 11.6 Å². The van der Waals surface area contributed by atoms with Gasteiger partial charge < -0.3 is 14.8 Å². The predicted octanol–water partition coefficient (Wildman–Crippen LogP) is -1.68. The van der Waals surface area contributed by atoms with E-state index in [1.54, 1.807) is 0 Å². The molecule has 13 heteroatoms. The van der Waals surface area contributed by atoms with Crippen molar-refractivity contribution in [2.75, 3.05) is 11.4 Å². The zero-order valence-corrected chi connectivity index (χ0v) is 16.5. The zero-order valence-electron chi connectivity index (χ0n) is 14.9. The van der Waals surface area contributed by atoms with E-state index in [9.17, 15) is 31.5 Å². The van der Waals surface area contributed by atoms with Gasteiger partial charge in [0.05, 0.1) is 27.7 Å². The fourth-order valence-electron chi connectivity index (χ4n) is 3.11. The van der Waals surface area contributed by atoms with Crippen molar-refractivity contribution in [3.8, 4) is 0 Å². The number of hydrogen-bond acceptors (Lipinski definition) is 7. The van der Waals surface area contributed by atoms with Crippen LogP contribution in [0.3, 0.4) is 0 Å². The standard InChI is InChI=1S/C16H13ClF3N3O4S.Li/c17-15-21-6-5-13(22-15)23-8-9(7-11(23)14(24)25)28(26,27)12-4-2-1-3-10(12)16(18,19)20;/h1-6,9,11H,7-8H2,(H,24,25);/q;+1/p-1/t9-,11-;/m0./s1. The summed E-state index contributed by atoms with van der Waals surface area (Å²) in [6.07, 6.45) is -4.09. The van der Waals surface area contributed by atoms with E-state index in [1.807, 2.05) is 0 Å². The Morgan fingerprint density at radius 3 is 2.48 bits per heavy atom. The Kier molecular flexibility index (Phi) is 6.89. The van der Waals surface area contributed by atoms with E-state index >= 15 is 0 Å². The van der Waals surface area contributed by atoms with E-state index in [-0.39, 0.29) is 36.5 Å². The molecule has 2 aromatic rings. The SMILES string of the molecule is O=C([O-])[C@@H]1C[C@H](S(=O)(=O)c2ccccc2C(F)(F)F)CN1c1ccnc(Cl)n1.[Li+]. The van der Waals surface area contributed by atoms with Crippen LogP contribution in [0.2, 0.25) is 5.28 Å². The molecular formula is C16H12ClF3LiN3O4S. The number of nitrogens with zero attached hydrogens (tertiary/aromatic N) is 3. The molecule has 0 N–H and O–H groups in total. The van der Waals surface area contributed by atoms with E-state index in [0.717, 1.165) is 17.0 Å². The van der Waals surface area contributed by atoms with Gasteiger partial charge in [-0.1, -0.05) is 12.1 Å². The Morgan fingerprint density at radius 2 is 1.90 bits per heavy atom. The average Bonchev–Trinajstić information content (AvgIpc) is 3.07. The number of rotatable bonds is 4. The molecule has 0 spiro atoms. The Hall–Kier alpha value is -1.80. The predicted molar refractivity (Wildman–Crippen MR) is 90.2 cm³/mol. The fraction of sp³-hybridized carbons (Fsp3) is 0.312. The molecule has 0 radical (unpaired) electrons. The first-order chi connectivity index (χ1) is 13.0. The van der Waals surface area contributed by atoms with E-state index in [1.165, 1.54) is 18.3 Å². The van der Waals surface area contributed by atoms with E-state index in [0.29, 0.717) is 6.07 Å². The minimum Gasteiger partial charge on any atom is -0.548 e. The van der Waals surface area contributed by atoms with Crippen molar-refractivity contribution in [1.29, 1.82) is 0 Å². The van der Waals surface area contributed by atoms with Crippen LogP contribution < -0.4 is 28.9 Å². The number of carbonyl (C=O) groups is 1. The van der Waals surface area contributed by atoms with Crippen LogP contribution in [0.25, 0.3) is 0 Å². The van der Waals surface area contributed by atoms with Crippen molar-refractivity contribution >= 4 is 33.2 Å². The number of hydrogen-bond donors (Lipinski definition) is 0. The molecule has 1 aromatic heterocycles. The number of carbonyl (C=O) groups excluding carboxylic acids is 1. The molecule has 0 unspecified atom stereocenters. The molecule has 29 heavy (non-hydrogen) atoms. The Bertz CT molecular complexity index is 1020. The summed E-state index contributed by atoms with van der Waals surface area (Å²) in [6.45, 7) is -0.388. The number of benzene rings is 1. The molecule has 7 nitrogen and oxygen atoms in total. The van der Waals surface area contributed by atoms with Crippen LogP contribution >= 0.6 is 11.6 Å². The van der Waals surface area contributed by atoms with Crippen molar-refractivity contribution in [3.63, 3.8) is 0 Å². The monoisotopic (exact) mass is 441 g/mol. The van der Waals surface area contributed by atoms with Crippen LogP contribution in [-0.4, -0.2) is 42.2 Å². The first kappa shape index (κ1) is 23.5. The van der Waals surface area contributed by atoms with Gasteiger partial charge in [-0.05, 0) is 36.2 Å². The molecule has 0 aliphatic carbocycles. The van der Waals surface area contributed by atoms with Gasteiger partial charge in [-0.3, -0.25) is 0 Å². The normalized spacial score (nSPS) is 19.7. The third kappa shape index (κ3) is 4.69. The summed E-state index contributed by atoms with van der Waals surface area (Å²) < 4.78 is 65.6. The molecule has 1 saturated heterocycles. The molecule has 150 valence electrons. The minimum absolute atomic E-state index is 0. The summed E-state index contributed by atoms with van der Waals surface area (Å²) in [6, 6.07) is 3.70. The molecule has 0 amide bonds. The van der Waals surface area contributed by atoms with Crippen molar-refractivity contribution in [1.82, 2.24) is 9.97 Å². The van der Waals surface area contributed by atoms with Crippen LogP contribution in [0.4, 0.5) is 19.0 Å². The van der Waals surface area contributed by atoms with Gasteiger partial charge in [0.2, 0.25) is 5.28 Å². The average molecular weight is 442 g/mol. The number of halogens is 4. The van der Waals surface area contributed by atoms with E-state index in [2.05, 4.69) is 9.97 Å². The first-order valence-electron chi connectivity index (χ1n) is 7.88. The first-order valence-corrected chi connectivity index (χ1v) is 9.80. The number of anilines is 1. The maximum absolute atomic E-state index is 13.2. The largest absolute Gasteiger partial charge is 1.00 e. The minimum atomic E-state index is -4.88. The van der Waals surface area contributed by atoms with Crippen LogP contribution in [0, 0.1) is 0 Å². The summed E-state index contributed by atoms with van der Waals surface area (Å²) in [5, 5.41) is 9.90. The van der Waals surface area contributed by atoms with E-state index < -0.39 is 50.2 Å². The van der Waals surface area contributed by atoms with Gasteiger partial charge in [0.15, 0.2) is 9.84 Å². The van der Waals surface area contributed by atoms with Gasteiger partial charge in [-0.2, -0.15) is 13.2 Å². The third-order valence-corrected chi connectivity index (χ3v) is 6.75. The summed E-state index contributed by atoms with van der Waals surface area (Å²) in [5.74, 6) is -1.53. The summed E-state index contributed by atoms with van der Waals surface area (Å²) in [5.41, 5.74) is -1.30. The van der Waals surface area contributed by atoms with Crippen molar-refractivity contribution in [2.45, 2.75) is 28.8 Å². The fourth-order valence-corrected chi connectivity index (χ4v) is 5.17. The van der Waals surface area contributed by atoms with Gasteiger partial charge >= 0.3 is 25.0 Å². The number of sulfone groups is 1. The molecule has 1 fully saturated rings. The maximum Gasteiger partial charge on any atom is 1.00 e. The molecule has 1 aliphatic rings. The summed E-state index contributed by atoms with van der Waals surface area (Å²) in [4.78, 5) is 19.2. The Morgan fingerprint density at radius 1 is 1.24 bits per heavy atom. The van der Waals surface area contributed by atoms with Crippen molar-refractivity contribution in [2.24, 2.45) is 0 Å². The number of alkyl halides is 3. The number of aliphatic carboxylic acids is 1. The zero-order chi connectivity index (χ0) is 20.7. The molecule has 1 aromatic carbocycles. The number of carboxylic acids is 1. The molecule has 2 atom stereocenters. The van der Waals surface area contributed by atoms with Gasteiger partial charge in [0.25, 0.3) is 0 Å². The van der Waals surface area contributed by atoms with Gasteiger partial charge in [0, 0.05) is 12.7 Å². The Labute approximate surface area is 181 Å². The maximum atomic E-state index is 13.2. The second-order valence-corrected chi connectivity index (χ2v) is 8.60. The second-order valence-electron chi connectivity index (χ2n) is 6.07. The summed E-state index contributed by atoms with van der Waals surface area (Å²) >= 11 is 5.69. The van der Waals surface area contributed by atoms with Gasteiger partial charge in [0.1, 0.15) is 5.82 Å². The van der Waals surface area contributed by atoms with Crippen LogP contribution in [0.15, 0.2) is 41.4 Å². The van der Waals surface area contributed by atoms with Crippen molar-refractivity contribution in [3.05, 3.63) is 47.4 Å². The topological polar surface area (TPSA) is 103 Å². The van der Waals surface area contributed by atoms with Crippen LogP contribution in [0.5, 0.6) is 0 Å². The second kappa shape index (κ2) is 8.51. The molecule has 0 saturated carbocycles. The third-order valence-electron chi connectivity index (χ3n) is 4.38. The van der Waals surface area contributed by atoms with Crippen LogP contribution in [0.1, 0.15) is 12.0 Å². The molecule has 1 aliphatic heterocycles. The molecule has 2 heterocycles. The molecular weight excluding hydrogens is 430 g/mol. The van der Waals surface area contributed by atoms with Crippen LogP contribution in [-0.2, 0) is 20.8 Å². The van der Waals surface area contributed by atoms with Gasteiger partial charge in [-0.25, -0.2) is 18.4 Å². The number of carboxylic acid groups (broad SMARTS) is 1. The van der Waals surface area contributed by atoms with Gasteiger partial charge in [-0.15, -0.1) is 0 Å².